The molecule has 2 unspecified atom stereocenters. The summed E-state index contributed by atoms with van der Waals surface area (Å²) in [6.45, 7) is 0.695. The second-order valence-electron chi connectivity index (χ2n) is 8.20. The Balaban J connectivity index is 1.46. The molecule has 2 aromatic rings. The second-order valence-corrected chi connectivity index (χ2v) is 8.20. The Hall–Kier alpha value is -2.02. The zero-order valence-electron chi connectivity index (χ0n) is 14.7. The van der Waals surface area contributed by atoms with Crippen molar-refractivity contribution in [1.29, 1.82) is 0 Å². The molecule has 1 heteroatoms. The fraction of sp³-hybridized carbons (Fsp3) is 0.333. The Bertz CT molecular complexity index is 759. The van der Waals surface area contributed by atoms with Gasteiger partial charge < -0.3 is 0 Å². The van der Waals surface area contributed by atoms with E-state index in [0.29, 0.717) is 6.71 Å². The molecule has 124 valence electrons. The van der Waals surface area contributed by atoms with Crippen molar-refractivity contribution >= 4 is 12.2 Å². The maximum absolute atomic E-state index is 2.45. The molecule has 0 bridgehead atoms. The minimum Gasteiger partial charge on any atom is -0.0809 e. The molecule has 0 aliphatic heterocycles. The fourth-order valence-corrected chi connectivity index (χ4v) is 5.75. The van der Waals surface area contributed by atoms with E-state index in [1.54, 1.807) is 16.6 Å². The highest BCUT2D eigenvalue weighted by atomic mass is 14.4. The van der Waals surface area contributed by atoms with Gasteiger partial charge in [0.25, 0.3) is 0 Å². The molecule has 0 saturated heterocycles. The van der Waals surface area contributed by atoms with E-state index in [1.165, 1.54) is 25.7 Å². The lowest BCUT2D eigenvalue weighted by Crippen LogP contribution is -2.39. The van der Waals surface area contributed by atoms with Crippen molar-refractivity contribution in [2.45, 2.75) is 37.3 Å². The number of hydrogen-bond acceptors (Lipinski definition) is 0. The van der Waals surface area contributed by atoms with Crippen LogP contribution < -0.4 is 5.46 Å². The molecule has 3 aliphatic carbocycles. The second kappa shape index (κ2) is 6.37. The first-order valence-electron chi connectivity index (χ1n) is 9.85. The van der Waals surface area contributed by atoms with Gasteiger partial charge in [-0.05, 0) is 54.5 Å². The van der Waals surface area contributed by atoms with Crippen LogP contribution in [0.5, 0.6) is 0 Å². The molecular weight excluding hydrogens is 299 g/mol. The average Bonchev–Trinajstić information content (AvgIpc) is 3.26. The standard InChI is InChI=1S/C24H25B/c1-2-12-22(13-3-1)25(23-14-18-8-4-5-9-19(18)15-23)24-16-20-10-6-7-11-21(20)17-24/h1-13,18-19,23-24H,14-17H2. The van der Waals surface area contributed by atoms with Gasteiger partial charge >= 0.3 is 0 Å². The quantitative estimate of drug-likeness (QED) is 0.691. The molecule has 0 radical (unpaired) electrons. The van der Waals surface area contributed by atoms with Gasteiger partial charge in [0.1, 0.15) is 0 Å². The van der Waals surface area contributed by atoms with Crippen molar-refractivity contribution < 1.29 is 0 Å². The number of rotatable bonds is 3. The number of allylic oxidation sites excluding steroid dienone is 4. The first-order chi connectivity index (χ1) is 12.4. The molecule has 2 aromatic carbocycles. The van der Waals surface area contributed by atoms with Gasteiger partial charge in [0.2, 0.25) is 0 Å². The fourth-order valence-electron chi connectivity index (χ4n) is 5.75. The van der Waals surface area contributed by atoms with E-state index in [0.717, 1.165) is 23.5 Å². The Kier molecular flexibility index (Phi) is 3.89. The summed E-state index contributed by atoms with van der Waals surface area (Å²) in [4.78, 5) is 0. The molecule has 0 nitrogen and oxygen atoms in total. The molecule has 2 atom stereocenters. The average molecular weight is 324 g/mol. The third-order valence-electron chi connectivity index (χ3n) is 6.81. The van der Waals surface area contributed by atoms with Crippen LogP contribution >= 0.6 is 0 Å². The SMILES string of the molecule is C1=CC2CC(B(c3ccccc3)C3Cc4ccccc4C3)CC2C=C1. The minimum atomic E-state index is 0.695. The highest BCUT2D eigenvalue weighted by molar-refractivity contribution is 6.76. The van der Waals surface area contributed by atoms with Crippen LogP contribution in [0.4, 0.5) is 0 Å². The van der Waals surface area contributed by atoms with Crippen molar-refractivity contribution in [3.63, 3.8) is 0 Å². The summed E-state index contributed by atoms with van der Waals surface area (Å²) in [6, 6.07) is 20.5. The topological polar surface area (TPSA) is 0 Å². The van der Waals surface area contributed by atoms with Crippen LogP contribution in [0.15, 0.2) is 78.9 Å². The Morgan fingerprint density at radius 1 is 0.640 bits per heavy atom. The van der Waals surface area contributed by atoms with Gasteiger partial charge in [0, 0.05) is 0 Å². The lowest BCUT2D eigenvalue weighted by Gasteiger charge is -2.27. The van der Waals surface area contributed by atoms with Crippen molar-refractivity contribution in [2.75, 3.05) is 0 Å². The maximum atomic E-state index is 2.45. The summed E-state index contributed by atoms with van der Waals surface area (Å²) in [6.07, 6.45) is 14.7. The molecule has 0 spiro atoms. The Morgan fingerprint density at radius 3 is 1.80 bits per heavy atom. The molecule has 5 rings (SSSR count). The van der Waals surface area contributed by atoms with Crippen LogP contribution in [0.25, 0.3) is 0 Å². The minimum absolute atomic E-state index is 0.695. The summed E-state index contributed by atoms with van der Waals surface area (Å²) in [5, 5.41) is 0. The summed E-state index contributed by atoms with van der Waals surface area (Å²) < 4.78 is 0. The molecule has 1 saturated carbocycles. The Labute approximate surface area is 151 Å². The van der Waals surface area contributed by atoms with E-state index in [9.17, 15) is 0 Å². The van der Waals surface area contributed by atoms with E-state index in [1.807, 2.05) is 0 Å². The summed E-state index contributed by atoms with van der Waals surface area (Å²) in [5.74, 6) is 3.11. The predicted octanol–water partition coefficient (Wildman–Crippen LogP) is 5.08. The number of hydrogen-bond donors (Lipinski definition) is 0. The van der Waals surface area contributed by atoms with Gasteiger partial charge in [-0.1, -0.05) is 90.2 Å². The first kappa shape index (κ1) is 15.3. The monoisotopic (exact) mass is 324 g/mol. The van der Waals surface area contributed by atoms with Crippen LogP contribution in [-0.2, 0) is 12.8 Å². The summed E-state index contributed by atoms with van der Waals surface area (Å²) >= 11 is 0. The lowest BCUT2D eigenvalue weighted by atomic mass is 9.29. The molecule has 0 amide bonds. The zero-order valence-corrected chi connectivity index (χ0v) is 14.7. The van der Waals surface area contributed by atoms with E-state index in [4.69, 9.17) is 0 Å². The zero-order chi connectivity index (χ0) is 16.6. The van der Waals surface area contributed by atoms with E-state index in [-0.39, 0.29) is 0 Å². The molecule has 0 aromatic heterocycles. The van der Waals surface area contributed by atoms with E-state index >= 15 is 0 Å². The Morgan fingerprint density at radius 2 is 1.20 bits per heavy atom. The van der Waals surface area contributed by atoms with Crippen molar-refractivity contribution in [3.8, 4) is 0 Å². The molecule has 3 aliphatic rings. The highest BCUT2D eigenvalue weighted by Crippen LogP contribution is 2.48. The molecular formula is C24H25B. The van der Waals surface area contributed by atoms with E-state index < -0.39 is 0 Å². The lowest BCUT2D eigenvalue weighted by molar-refractivity contribution is 0.552. The molecule has 25 heavy (non-hydrogen) atoms. The maximum Gasteiger partial charge on any atom is 0.182 e. The summed E-state index contributed by atoms with van der Waals surface area (Å²) in [5.41, 5.74) is 4.74. The van der Waals surface area contributed by atoms with Gasteiger partial charge in [0.15, 0.2) is 6.71 Å². The molecule has 0 heterocycles. The van der Waals surface area contributed by atoms with Crippen LogP contribution in [0.2, 0.25) is 11.6 Å². The summed E-state index contributed by atoms with van der Waals surface area (Å²) in [7, 11) is 0. The van der Waals surface area contributed by atoms with Crippen molar-refractivity contribution in [2.24, 2.45) is 11.8 Å². The van der Waals surface area contributed by atoms with Crippen LogP contribution in [0.1, 0.15) is 24.0 Å². The highest BCUT2D eigenvalue weighted by Gasteiger charge is 2.43. The van der Waals surface area contributed by atoms with Crippen molar-refractivity contribution in [3.05, 3.63) is 90.0 Å². The van der Waals surface area contributed by atoms with Gasteiger partial charge in [-0.15, -0.1) is 0 Å². The van der Waals surface area contributed by atoms with Gasteiger partial charge in [0.05, 0.1) is 0 Å². The third kappa shape index (κ3) is 2.80. The van der Waals surface area contributed by atoms with E-state index in [2.05, 4.69) is 78.9 Å². The van der Waals surface area contributed by atoms with Gasteiger partial charge in [-0.3, -0.25) is 0 Å². The normalized spacial score (nSPS) is 27.3. The van der Waals surface area contributed by atoms with Gasteiger partial charge in [-0.25, -0.2) is 0 Å². The smallest absolute Gasteiger partial charge is 0.0809 e. The van der Waals surface area contributed by atoms with Crippen molar-refractivity contribution in [1.82, 2.24) is 0 Å². The first-order valence-corrected chi connectivity index (χ1v) is 9.85. The van der Waals surface area contributed by atoms with Crippen LogP contribution in [0, 0.1) is 11.8 Å². The largest absolute Gasteiger partial charge is 0.182 e. The predicted molar refractivity (Wildman–Crippen MR) is 108 cm³/mol. The molecule has 1 fully saturated rings. The molecule has 0 N–H and O–H groups in total. The third-order valence-corrected chi connectivity index (χ3v) is 6.81. The number of benzene rings is 2. The number of fused-ring (bicyclic) bond motifs is 2. The van der Waals surface area contributed by atoms with Crippen LogP contribution in [-0.4, -0.2) is 6.71 Å². The van der Waals surface area contributed by atoms with Crippen LogP contribution in [0.3, 0.4) is 0 Å². The van der Waals surface area contributed by atoms with Gasteiger partial charge in [-0.2, -0.15) is 0 Å².